The summed E-state index contributed by atoms with van der Waals surface area (Å²) >= 11 is 7.27. The molecule has 0 bridgehead atoms. The van der Waals surface area contributed by atoms with E-state index in [1.165, 1.54) is 24.0 Å². The van der Waals surface area contributed by atoms with Gasteiger partial charge in [-0.15, -0.1) is 0 Å². The lowest BCUT2D eigenvalue weighted by Gasteiger charge is -2.25. The zero-order valence-electron chi connectivity index (χ0n) is 7.39. The SMILES string of the molecule is BrCC1(CBr)CCc2ccccc21. The van der Waals surface area contributed by atoms with Crippen molar-refractivity contribution in [3.8, 4) is 0 Å². The van der Waals surface area contributed by atoms with Gasteiger partial charge in [0.2, 0.25) is 0 Å². The van der Waals surface area contributed by atoms with E-state index < -0.39 is 0 Å². The van der Waals surface area contributed by atoms with E-state index in [1.807, 2.05) is 0 Å². The first-order valence-corrected chi connectivity index (χ1v) is 6.77. The van der Waals surface area contributed by atoms with Crippen LogP contribution in [0, 0.1) is 0 Å². The Morgan fingerprint density at radius 3 is 2.54 bits per heavy atom. The van der Waals surface area contributed by atoms with Crippen LogP contribution in [0.2, 0.25) is 0 Å². The quantitative estimate of drug-likeness (QED) is 0.732. The summed E-state index contributed by atoms with van der Waals surface area (Å²) in [6.07, 6.45) is 2.50. The van der Waals surface area contributed by atoms with Gasteiger partial charge in [-0.2, -0.15) is 0 Å². The number of benzene rings is 1. The van der Waals surface area contributed by atoms with Crippen LogP contribution in [0.4, 0.5) is 0 Å². The minimum absolute atomic E-state index is 0.344. The second-order valence-corrected chi connectivity index (χ2v) is 4.83. The molecule has 1 aromatic rings. The van der Waals surface area contributed by atoms with Gasteiger partial charge in [0.05, 0.1) is 0 Å². The van der Waals surface area contributed by atoms with Gasteiger partial charge in [-0.25, -0.2) is 0 Å². The number of rotatable bonds is 2. The highest BCUT2D eigenvalue weighted by molar-refractivity contribution is 9.09. The summed E-state index contributed by atoms with van der Waals surface area (Å²) in [5.74, 6) is 0. The lowest BCUT2D eigenvalue weighted by Crippen LogP contribution is -2.26. The molecule has 2 rings (SSSR count). The van der Waals surface area contributed by atoms with Gasteiger partial charge in [-0.3, -0.25) is 0 Å². The first kappa shape index (κ1) is 9.72. The van der Waals surface area contributed by atoms with Gasteiger partial charge in [-0.05, 0) is 24.0 Å². The van der Waals surface area contributed by atoms with Crippen molar-refractivity contribution in [1.29, 1.82) is 0 Å². The summed E-state index contributed by atoms with van der Waals surface area (Å²) in [4.78, 5) is 0. The normalized spacial score (nSPS) is 18.6. The third kappa shape index (κ3) is 1.48. The molecule has 0 amide bonds. The fraction of sp³-hybridized carbons (Fsp3) is 0.455. The number of fused-ring (bicyclic) bond motifs is 1. The zero-order chi connectivity index (χ0) is 9.31. The van der Waals surface area contributed by atoms with E-state index in [4.69, 9.17) is 0 Å². The monoisotopic (exact) mass is 302 g/mol. The third-order valence-corrected chi connectivity index (χ3v) is 5.12. The lowest BCUT2D eigenvalue weighted by molar-refractivity contribution is 0.550. The zero-order valence-corrected chi connectivity index (χ0v) is 10.6. The van der Waals surface area contributed by atoms with Crippen molar-refractivity contribution in [2.24, 2.45) is 0 Å². The van der Waals surface area contributed by atoms with Crippen LogP contribution in [0.15, 0.2) is 24.3 Å². The van der Waals surface area contributed by atoms with Crippen LogP contribution in [-0.2, 0) is 11.8 Å². The minimum atomic E-state index is 0.344. The van der Waals surface area contributed by atoms with Gasteiger partial charge in [0.25, 0.3) is 0 Å². The molecule has 2 heteroatoms. The van der Waals surface area contributed by atoms with Gasteiger partial charge >= 0.3 is 0 Å². The number of alkyl halides is 2. The first-order chi connectivity index (χ1) is 6.32. The predicted molar refractivity (Wildman–Crippen MR) is 64.0 cm³/mol. The van der Waals surface area contributed by atoms with Crippen LogP contribution in [0.5, 0.6) is 0 Å². The Morgan fingerprint density at radius 1 is 1.15 bits per heavy atom. The Balaban J connectivity index is 2.47. The summed E-state index contributed by atoms with van der Waals surface area (Å²) in [5.41, 5.74) is 3.40. The van der Waals surface area contributed by atoms with Gasteiger partial charge < -0.3 is 0 Å². The van der Waals surface area contributed by atoms with E-state index >= 15 is 0 Å². The Kier molecular flexibility index (Phi) is 2.80. The number of hydrogen-bond acceptors (Lipinski definition) is 0. The van der Waals surface area contributed by atoms with E-state index in [0.717, 1.165) is 10.7 Å². The van der Waals surface area contributed by atoms with Gasteiger partial charge in [0, 0.05) is 16.1 Å². The maximum absolute atomic E-state index is 3.63. The maximum atomic E-state index is 3.63. The van der Waals surface area contributed by atoms with E-state index in [9.17, 15) is 0 Å². The molecule has 1 aliphatic carbocycles. The Labute approximate surface area is 96.0 Å². The summed E-state index contributed by atoms with van der Waals surface area (Å²) < 4.78 is 0. The molecule has 0 radical (unpaired) electrons. The first-order valence-electron chi connectivity index (χ1n) is 4.53. The van der Waals surface area contributed by atoms with Crippen LogP contribution in [0.25, 0.3) is 0 Å². The predicted octanol–water partition coefficient (Wildman–Crippen LogP) is 3.66. The average Bonchev–Trinajstić information content (AvgIpc) is 2.58. The second kappa shape index (κ2) is 3.74. The smallest absolute Gasteiger partial charge is 0.0153 e. The van der Waals surface area contributed by atoms with E-state index in [1.54, 1.807) is 0 Å². The Morgan fingerprint density at radius 2 is 1.85 bits per heavy atom. The summed E-state index contributed by atoms with van der Waals surface area (Å²) in [5, 5.41) is 2.12. The molecule has 1 aromatic carbocycles. The highest BCUT2D eigenvalue weighted by Crippen LogP contribution is 2.41. The molecule has 0 heterocycles. The van der Waals surface area contributed by atoms with Crippen molar-refractivity contribution in [3.05, 3.63) is 35.4 Å². The molecule has 0 aliphatic heterocycles. The van der Waals surface area contributed by atoms with Crippen LogP contribution >= 0.6 is 31.9 Å². The molecule has 0 nitrogen and oxygen atoms in total. The highest BCUT2D eigenvalue weighted by Gasteiger charge is 2.36. The van der Waals surface area contributed by atoms with Crippen molar-refractivity contribution >= 4 is 31.9 Å². The van der Waals surface area contributed by atoms with Crippen LogP contribution in [0.1, 0.15) is 17.5 Å². The van der Waals surface area contributed by atoms with Crippen molar-refractivity contribution in [2.75, 3.05) is 10.7 Å². The van der Waals surface area contributed by atoms with E-state index in [2.05, 4.69) is 56.1 Å². The fourth-order valence-electron chi connectivity index (χ4n) is 2.08. The Bertz CT molecular complexity index is 303. The molecule has 13 heavy (non-hydrogen) atoms. The molecular weight excluding hydrogens is 292 g/mol. The van der Waals surface area contributed by atoms with Crippen molar-refractivity contribution in [3.63, 3.8) is 0 Å². The van der Waals surface area contributed by atoms with Crippen LogP contribution < -0.4 is 0 Å². The molecular formula is C11H12Br2. The maximum Gasteiger partial charge on any atom is 0.0153 e. The molecule has 0 unspecified atom stereocenters. The van der Waals surface area contributed by atoms with Crippen molar-refractivity contribution in [1.82, 2.24) is 0 Å². The second-order valence-electron chi connectivity index (χ2n) is 3.70. The molecule has 70 valence electrons. The molecule has 0 saturated heterocycles. The van der Waals surface area contributed by atoms with Crippen LogP contribution in [0.3, 0.4) is 0 Å². The molecule has 0 fully saturated rings. The number of hydrogen-bond donors (Lipinski definition) is 0. The summed E-state index contributed by atoms with van der Waals surface area (Å²) in [6.45, 7) is 0. The highest BCUT2D eigenvalue weighted by atomic mass is 79.9. The largest absolute Gasteiger partial charge is 0.0918 e. The van der Waals surface area contributed by atoms with Crippen molar-refractivity contribution in [2.45, 2.75) is 18.3 Å². The molecule has 0 saturated carbocycles. The van der Waals surface area contributed by atoms with E-state index in [-0.39, 0.29) is 0 Å². The molecule has 0 N–H and O–H groups in total. The topological polar surface area (TPSA) is 0 Å². The summed E-state index contributed by atoms with van der Waals surface area (Å²) in [7, 11) is 0. The molecule has 0 aromatic heterocycles. The van der Waals surface area contributed by atoms with Gasteiger partial charge in [0.15, 0.2) is 0 Å². The van der Waals surface area contributed by atoms with Crippen LogP contribution in [-0.4, -0.2) is 10.7 Å². The molecule has 1 aliphatic rings. The molecule has 0 atom stereocenters. The minimum Gasteiger partial charge on any atom is -0.0918 e. The number of halogens is 2. The fourth-order valence-corrected chi connectivity index (χ4v) is 4.17. The van der Waals surface area contributed by atoms with Crippen molar-refractivity contribution < 1.29 is 0 Å². The lowest BCUT2D eigenvalue weighted by atomic mass is 9.86. The standard InChI is InChI=1S/C11H12Br2/c12-7-11(8-13)6-5-9-3-1-2-4-10(9)11/h1-4H,5-8H2. The molecule has 0 spiro atoms. The van der Waals surface area contributed by atoms with E-state index in [0.29, 0.717) is 5.41 Å². The third-order valence-electron chi connectivity index (χ3n) is 2.97. The number of aryl methyl sites for hydroxylation is 1. The summed E-state index contributed by atoms with van der Waals surface area (Å²) in [6, 6.07) is 8.80. The van der Waals surface area contributed by atoms with Gasteiger partial charge in [-0.1, -0.05) is 56.1 Å². The van der Waals surface area contributed by atoms with Gasteiger partial charge in [0.1, 0.15) is 0 Å². The Hall–Kier alpha value is 0.180. The average molecular weight is 304 g/mol.